The van der Waals surface area contributed by atoms with Crippen molar-refractivity contribution in [3.05, 3.63) is 42.1 Å². The fraction of sp³-hybridized carbons (Fsp3) is 0.412. The lowest BCUT2D eigenvalue weighted by Gasteiger charge is -2.29. The summed E-state index contributed by atoms with van der Waals surface area (Å²) >= 11 is 0. The van der Waals surface area contributed by atoms with Gasteiger partial charge in [0, 0.05) is 24.0 Å². The highest BCUT2D eigenvalue weighted by atomic mass is 16.5. The number of rotatable bonds is 5. The third kappa shape index (κ3) is 2.51. The van der Waals surface area contributed by atoms with E-state index in [-0.39, 0.29) is 5.97 Å². The first kappa shape index (κ1) is 14.0. The number of carbonyl (C=O) groups is 1. The van der Waals surface area contributed by atoms with Crippen molar-refractivity contribution in [2.75, 3.05) is 13.7 Å². The predicted octanol–water partition coefficient (Wildman–Crippen LogP) is 2.31. The van der Waals surface area contributed by atoms with E-state index >= 15 is 0 Å². The number of ether oxygens (including phenoxy) is 1. The number of para-hydroxylation sites is 1. The predicted molar refractivity (Wildman–Crippen MR) is 81.7 cm³/mol. The second kappa shape index (κ2) is 5.45. The summed E-state index contributed by atoms with van der Waals surface area (Å²) in [4.78, 5) is 17.0. The number of fused-ring (bicyclic) bond motifs is 1. The number of methoxy groups -OCH3 is 1. The molecule has 1 atom stereocenters. The average Bonchev–Trinajstić information content (AvgIpc) is 3.37. The Morgan fingerprint density at radius 2 is 2.10 bits per heavy atom. The Morgan fingerprint density at radius 1 is 1.33 bits per heavy atom. The zero-order valence-electron chi connectivity index (χ0n) is 12.2. The molecule has 1 aliphatic rings. The van der Waals surface area contributed by atoms with Gasteiger partial charge in [0.15, 0.2) is 0 Å². The third-order valence-electron chi connectivity index (χ3n) is 4.47. The number of hydrogen-bond acceptors (Lipinski definition) is 4. The van der Waals surface area contributed by atoms with E-state index in [1.807, 2.05) is 36.4 Å². The minimum Gasteiger partial charge on any atom is -0.469 e. The van der Waals surface area contributed by atoms with Crippen LogP contribution in [0.1, 0.15) is 18.5 Å². The number of carbonyl (C=O) groups excluding carboxylic acids is 1. The number of hydrogen-bond donors (Lipinski definition) is 1. The Morgan fingerprint density at radius 3 is 2.76 bits per heavy atom. The van der Waals surface area contributed by atoms with Gasteiger partial charge >= 0.3 is 5.97 Å². The molecule has 3 rings (SSSR count). The highest BCUT2D eigenvalue weighted by Gasteiger charge is 2.51. The molecule has 21 heavy (non-hydrogen) atoms. The van der Waals surface area contributed by atoms with Crippen LogP contribution in [-0.4, -0.2) is 24.6 Å². The van der Waals surface area contributed by atoms with E-state index in [0.29, 0.717) is 18.9 Å². The summed E-state index contributed by atoms with van der Waals surface area (Å²) in [7, 11) is 1.43. The van der Waals surface area contributed by atoms with Crippen LogP contribution in [0, 0.1) is 11.3 Å². The molecule has 1 unspecified atom stereocenters. The Bertz CT molecular complexity index is 667. The molecule has 1 fully saturated rings. The van der Waals surface area contributed by atoms with Gasteiger partial charge in [-0.05, 0) is 30.9 Å². The number of nitrogens with zero attached hydrogens (tertiary/aromatic N) is 1. The van der Waals surface area contributed by atoms with E-state index in [1.54, 1.807) is 0 Å². The molecular weight excluding hydrogens is 264 g/mol. The molecule has 4 nitrogen and oxygen atoms in total. The smallest absolute Gasteiger partial charge is 0.313 e. The molecule has 2 N–H and O–H groups in total. The molecule has 4 heteroatoms. The lowest BCUT2D eigenvalue weighted by Crippen LogP contribution is -2.43. The maximum atomic E-state index is 12.3. The number of benzene rings is 1. The van der Waals surface area contributed by atoms with Crippen LogP contribution < -0.4 is 5.73 Å². The maximum Gasteiger partial charge on any atom is 0.313 e. The minimum atomic E-state index is -0.621. The van der Waals surface area contributed by atoms with E-state index in [4.69, 9.17) is 10.5 Å². The Hall–Kier alpha value is -1.94. The SMILES string of the molecule is COC(=O)C(CN)(Cc1ccc2ccccc2n1)C1CC1. The Kier molecular flexibility index (Phi) is 3.64. The summed E-state index contributed by atoms with van der Waals surface area (Å²) < 4.78 is 5.02. The van der Waals surface area contributed by atoms with Crippen molar-refractivity contribution in [3.63, 3.8) is 0 Å². The monoisotopic (exact) mass is 284 g/mol. The van der Waals surface area contributed by atoms with Crippen LogP contribution in [0.2, 0.25) is 0 Å². The average molecular weight is 284 g/mol. The Labute approximate surface area is 124 Å². The highest BCUT2D eigenvalue weighted by Crippen LogP contribution is 2.47. The molecule has 1 heterocycles. The quantitative estimate of drug-likeness (QED) is 0.856. The second-order valence-corrected chi connectivity index (χ2v) is 5.80. The number of pyridine rings is 1. The van der Waals surface area contributed by atoms with E-state index in [2.05, 4.69) is 4.98 Å². The normalized spacial score (nSPS) is 17.4. The van der Waals surface area contributed by atoms with Crippen molar-refractivity contribution in [2.45, 2.75) is 19.3 Å². The van der Waals surface area contributed by atoms with Crippen molar-refractivity contribution >= 4 is 16.9 Å². The van der Waals surface area contributed by atoms with Gasteiger partial charge in [0.05, 0.1) is 18.0 Å². The van der Waals surface area contributed by atoms with Gasteiger partial charge in [0.25, 0.3) is 0 Å². The molecule has 1 saturated carbocycles. The number of aromatic nitrogens is 1. The summed E-state index contributed by atoms with van der Waals surface area (Å²) in [6.45, 7) is 0.304. The second-order valence-electron chi connectivity index (χ2n) is 5.80. The minimum absolute atomic E-state index is 0.206. The topological polar surface area (TPSA) is 65.2 Å². The first-order chi connectivity index (χ1) is 10.2. The first-order valence-corrected chi connectivity index (χ1v) is 7.33. The molecule has 0 bridgehead atoms. The van der Waals surface area contributed by atoms with Crippen LogP contribution in [0.5, 0.6) is 0 Å². The fourth-order valence-corrected chi connectivity index (χ4v) is 3.07. The van der Waals surface area contributed by atoms with Gasteiger partial charge in [-0.25, -0.2) is 0 Å². The zero-order valence-corrected chi connectivity index (χ0v) is 12.2. The summed E-state index contributed by atoms with van der Waals surface area (Å²) in [5, 5.41) is 1.10. The van der Waals surface area contributed by atoms with Crippen molar-refractivity contribution in [2.24, 2.45) is 17.1 Å². The molecule has 0 amide bonds. The van der Waals surface area contributed by atoms with Crippen LogP contribution in [0.25, 0.3) is 10.9 Å². The van der Waals surface area contributed by atoms with Crippen LogP contribution in [-0.2, 0) is 16.0 Å². The largest absolute Gasteiger partial charge is 0.469 e. The van der Waals surface area contributed by atoms with Crippen molar-refractivity contribution in [1.29, 1.82) is 0 Å². The molecular formula is C17H20N2O2. The molecule has 0 aliphatic heterocycles. The summed E-state index contributed by atoms with van der Waals surface area (Å²) in [5.74, 6) is 0.116. The summed E-state index contributed by atoms with van der Waals surface area (Å²) in [6, 6.07) is 12.0. The molecule has 1 aliphatic carbocycles. The molecule has 0 saturated heterocycles. The van der Waals surface area contributed by atoms with Gasteiger partial charge in [-0.1, -0.05) is 24.3 Å². The zero-order chi connectivity index (χ0) is 14.9. The van der Waals surface area contributed by atoms with E-state index in [0.717, 1.165) is 29.4 Å². The van der Waals surface area contributed by atoms with E-state index < -0.39 is 5.41 Å². The van der Waals surface area contributed by atoms with Crippen LogP contribution in [0.15, 0.2) is 36.4 Å². The van der Waals surface area contributed by atoms with Crippen LogP contribution in [0.4, 0.5) is 0 Å². The lowest BCUT2D eigenvalue weighted by atomic mass is 9.78. The van der Waals surface area contributed by atoms with Crippen molar-refractivity contribution in [1.82, 2.24) is 4.98 Å². The first-order valence-electron chi connectivity index (χ1n) is 7.33. The van der Waals surface area contributed by atoms with Gasteiger partial charge in [-0.2, -0.15) is 0 Å². The van der Waals surface area contributed by atoms with Crippen LogP contribution >= 0.6 is 0 Å². The van der Waals surface area contributed by atoms with Gasteiger partial charge < -0.3 is 10.5 Å². The molecule has 1 aromatic heterocycles. The van der Waals surface area contributed by atoms with Gasteiger partial charge in [-0.15, -0.1) is 0 Å². The molecule has 1 aromatic carbocycles. The van der Waals surface area contributed by atoms with Gasteiger partial charge in [-0.3, -0.25) is 9.78 Å². The molecule has 0 radical (unpaired) electrons. The summed E-state index contributed by atoms with van der Waals surface area (Å²) in [6.07, 6.45) is 2.63. The number of nitrogens with two attached hydrogens (primary N) is 1. The Balaban J connectivity index is 1.95. The number of esters is 1. The molecule has 2 aromatic rings. The fourth-order valence-electron chi connectivity index (χ4n) is 3.07. The molecule has 110 valence electrons. The lowest BCUT2D eigenvalue weighted by molar-refractivity contribution is -0.153. The molecule has 0 spiro atoms. The van der Waals surface area contributed by atoms with E-state index in [1.165, 1.54) is 7.11 Å². The summed E-state index contributed by atoms with van der Waals surface area (Å²) in [5.41, 5.74) is 7.18. The highest BCUT2D eigenvalue weighted by molar-refractivity contribution is 5.80. The van der Waals surface area contributed by atoms with Gasteiger partial charge in [0.1, 0.15) is 0 Å². The van der Waals surface area contributed by atoms with Gasteiger partial charge in [0.2, 0.25) is 0 Å². The van der Waals surface area contributed by atoms with E-state index in [9.17, 15) is 4.79 Å². The van der Waals surface area contributed by atoms with Crippen molar-refractivity contribution < 1.29 is 9.53 Å². The standard InChI is InChI=1S/C17H20N2O2/c1-21-16(20)17(11-18,13-7-8-13)10-14-9-6-12-4-2-3-5-15(12)19-14/h2-6,9,13H,7-8,10-11,18H2,1H3. The van der Waals surface area contributed by atoms with Crippen molar-refractivity contribution in [3.8, 4) is 0 Å². The third-order valence-corrected chi connectivity index (χ3v) is 4.47. The van der Waals surface area contributed by atoms with Crippen LogP contribution in [0.3, 0.4) is 0 Å². The maximum absolute atomic E-state index is 12.3.